The summed E-state index contributed by atoms with van der Waals surface area (Å²) in [6.07, 6.45) is 1.40. The van der Waals surface area contributed by atoms with Gasteiger partial charge in [0, 0.05) is 11.1 Å². The molecule has 2 aromatic carbocycles. The molecule has 2 amide bonds. The summed E-state index contributed by atoms with van der Waals surface area (Å²) in [6, 6.07) is 15.3. The van der Waals surface area contributed by atoms with E-state index in [1.807, 2.05) is 48.5 Å². The van der Waals surface area contributed by atoms with Gasteiger partial charge in [-0.2, -0.15) is 17.2 Å². The Kier molecular flexibility index (Phi) is 15.6. The topological polar surface area (TPSA) is 217 Å². The Morgan fingerprint density at radius 1 is 0.714 bits per heavy atom. The second-order valence-corrected chi connectivity index (χ2v) is 9.21. The number of rotatable bonds is 6. The van der Waals surface area contributed by atoms with Crippen LogP contribution in [-0.2, 0) is 56.2 Å². The Morgan fingerprint density at radius 2 is 1.07 bits per heavy atom. The van der Waals surface area contributed by atoms with E-state index in [9.17, 15) is 19.2 Å². The van der Waals surface area contributed by atoms with E-state index in [2.05, 4.69) is 29.4 Å². The number of imidazole rings is 2. The van der Waals surface area contributed by atoms with Crippen LogP contribution in [0, 0.1) is 0 Å². The Hall–Kier alpha value is -3.63. The molecule has 42 heavy (non-hydrogen) atoms. The summed E-state index contributed by atoms with van der Waals surface area (Å²) >= 11 is 0. The summed E-state index contributed by atoms with van der Waals surface area (Å²) in [5.41, 5.74) is 19.7. The number of fused-ring (bicyclic) bond motifs is 2. The molecule has 2 atom stereocenters. The molecule has 5 rings (SSSR count). The zero-order chi connectivity index (χ0) is 29.1. The molecule has 212 valence electrons. The monoisotopic (exact) mass is 680 g/mol. The van der Waals surface area contributed by atoms with Gasteiger partial charge in [0.05, 0.1) is 71.2 Å². The van der Waals surface area contributed by atoms with Crippen LogP contribution in [0.15, 0.2) is 48.8 Å². The number of benzene rings is 2. The number of aromatic amines is 2. The minimum atomic E-state index is -0.995. The van der Waals surface area contributed by atoms with Gasteiger partial charge in [0.2, 0.25) is 12.2 Å². The number of methoxy groups -OCH3 is 2. The van der Waals surface area contributed by atoms with E-state index in [-0.39, 0.29) is 54.3 Å². The van der Waals surface area contributed by atoms with E-state index in [0.717, 1.165) is 58.8 Å². The number of hydrogen-bond acceptors (Lipinski definition) is 10. The Bertz CT molecular complexity index is 1550. The maximum atomic E-state index is 10.6. The zero-order valence-corrected chi connectivity index (χ0v) is 26.5. The van der Waals surface area contributed by atoms with Gasteiger partial charge in [0.15, 0.2) is 0 Å². The fourth-order valence-electron chi connectivity index (χ4n) is 3.17. The summed E-state index contributed by atoms with van der Waals surface area (Å²) in [7, 11) is 2.09. The molecule has 5 aromatic rings. The van der Waals surface area contributed by atoms with Crippen molar-refractivity contribution in [1.82, 2.24) is 29.9 Å². The molecule has 0 fully saturated rings. The van der Waals surface area contributed by atoms with Crippen LogP contribution >= 0.6 is 17.2 Å². The van der Waals surface area contributed by atoms with Crippen LogP contribution in [0.25, 0.3) is 56.0 Å². The predicted molar refractivity (Wildman–Crippen MR) is 153 cm³/mol. The van der Waals surface area contributed by atoms with Gasteiger partial charge in [-0.15, -0.1) is 0 Å². The number of aromatic nitrogens is 6. The first kappa shape index (κ1) is 36.4. The first-order chi connectivity index (χ1) is 19.3. The summed E-state index contributed by atoms with van der Waals surface area (Å²) in [5.74, 6) is 0. The molecule has 2 unspecified atom stereocenters. The van der Waals surface area contributed by atoms with E-state index in [1.54, 1.807) is 12.4 Å². The van der Waals surface area contributed by atoms with Crippen LogP contribution < -0.4 is 11.1 Å². The standard InChI is InChI=1S/C20H12N6O2P2.2C2H5NO2.2V/c27-9-29-19-21-7-17(25-19)11-1-3-13-15(5-11)24-14-4-2-12(6-16(14)23-13)18-8-22-20(26-18)30-10-28;2*1-5-2(3)4;;/h1-8,29-30H,(H,21,25)(H,22,26);2*1H3,(H2,3,4);;/q-2;;;2*+2/p-2. The molecule has 3 heterocycles. The maximum Gasteiger partial charge on any atom is 2.00 e. The van der Waals surface area contributed by atoms with E-state index < -0.39 is 12.2 Å². The van der Waals surface area contributed by atoms with Crippen molar-refractivity contribution in [2.45, 2.75) is 0 Å². The normalized spacial score (nSPS) is 10.1. The van der Waals surface area contributed by atoms with E-state index in [0.29, 0.717) is 11.1 Å². The maximum absolute atomic E-state index is 10.6. The Balaban J connectivity index is 0.000000640. The molecule has 4 N–H and O–H groups in total. The summed E-state index contributed by atoms with van der Waals surface area (Å²) in [6.45, 7) is 0. The van der Waals surface area contributed by atoms with Crippen LogP contribution in [0.5, 0.6) is 0 Å². The second kappa shape index (κ2) is 18.0. The number of carbonyl (C=O) groups excluding carboxylic acids is 4. The quantitative estimate of drug-likeness (QED) is 0.150. The number of nitrogens with zero attached hydrogens (tertiary/aromatic N) is 4. The molecule has 0 saturated heterocycles. The molecule has 18 heteroatoms. The molecule has 0 saturated carbocycles. The van der Waals surface area contributed by atoms with Crippen LogP contribution in [0.4, 0.5) is 9.59 Å². The first-order valence-electron chi connectivity index (χ1n) is 11.0. The zero-order valence-electron chi connectivity index (χ0n) is 21.8. The number of H-pyrrole nitrogens is 2. The number of ether oxygens (including phenoxy) is 2. The van der Waals surface area contributed by atoms with Crippen molar-refractivity contribution < 1.29 is 65.8 Å². The summed E-state index contributed by atoms with van der Waals surface area (Å²) < 4.78 is 7.56. The number of nitrogens with one attached hydrogen (secondary N) is 4. The molecule has 0 bridgehead atoms. The smallest absolute Gasteiger partial charge is 0.632 e. The average Bonchev–Trinajstić information content (AvgIpc) is 3.62. The van der Waals surface area contributed by atoms with Crippen molar-refractivity contribution in [1.29, 1.82) is 0 Å². The molecular weight excluding hydrogens is 660 g/mol. The minimum absolute atomic E-state index is 0. The van der Waals surface area contributed by atoms with Gasteiger partial charge in [0.1, 0.15) is 0 Å². The van der Waals surface area contributed by atoms with Gasteiger partial charge in [-0.1, -0.05) is 12.1 Å². The first-order valence-corrected chi connectivity index (χ1v) is 13.0. The van der Waals surface area contributed by atoms with E-state index in [4.69, 9.17) is 21.4 Å². The third-order valence-electron chi connectivity index (χ3n) is 4.92. The van der Waals surface area contributed by atoms with Gasteiger partial charge in [-0.25, -0.2) is 32.0 Å². The number of carbonyl (C=O) groups is 2. The molecule has 0 aliphatic rings. The Morgan fingerprint density at radius 3 is 1.38 bits per heavy atom. The van der Waals surface area contributed by atoms with Crippen molar-refractivity contribution in [3.63, 3.8) is 0 Å². The number of amides is 2. The van der Waals surface area contributed by atoms with E-state index >= 15 is 0 Å². The molecule has 2 radical (unpaired) electrons. The van der Waals surface area contributed by atoms with Gasteiger partial charge < -0.3 is 40.5 Å². The third-order valence-corrected chi connectivity index (χ3v) is 6.10. The molecule has 14 nitrogen and oxygen atoms in total. The minimum Gasteiger partial charge on any atom is -0.632 e. The summed E-state index contributed by atoms with van der Waals surface area (Å²) in [5, 5.41) is 0. The molecule has 0 aliphatic heterocycles. The second-order valence-electron chi connectivity index (χ2n) is 7.36. The van der Waals surface area contributed by atoms with Crippen molar-refractivity contribution in [3.8, 4) is 22.5 Å². The van der Waals surface area contributed by atoms with Gasteiger partial charge in [0.25, 0.3) is 0 Å². The van der Waals surface area contributed by atoms with Gasteiger partial charge in [-0.05, 0) is 24.3 Å². The molecule has 0 spiro atoms. The van der Waals surface area contributed by atoms with Crippen molar-refractivity contribution in [2.75, 3.05) is 14.2 Å². The van der Waals surface area contributed by atoms with Crippen molar-refractivity contribution in [2.24, 2.45) is 0 Å². The van der Waals surface area contributed by atoms with Gasteiger partial charge >= 0.3 is 37.1 Å². The predicted octanol–water partition coefficient (Wildman–Crippen LogP) is 3.91. The van der Waals surface area contributed by atoms with Crippen LogP contribution in [0.2, 0.25) is 0 Å². The Labute approximate surface area is 266 Å². The van der Waals surface area contributed by atoms with E-state index in [1.165, 1.54) is 0 Å². The van der Waals surface area contributed by atoms with Crippen LogP contribution in [0.1, 0.15) is 0 Å². The fraction of sp³-hybridized carbons (Fsp3) is 0.0833. The molecule has 3 aromatic heterocycles. The number of hydrogen-bond donors (Lipinski definition) is 2. The SMILES string of the molecule is COC([NH-])=O.COC([NH-])=O.O=[C-]Pc1ncc(-c2ccc3nc4cc(-c5cnc(P[C-]=O)[nH]5)ccc4nc3c2)[nH]1.[V+2].[V+2]. The van der Waals surface area contributed by atoms with Gasteiger partial charge in [-0.3, -0.25) is 9.59 Å². The molecular formula is C24H20N8O6P2V2. The summed E-state index contributed by atoms with van der Waals surface area (Å²) in [4.78, 5) is 63.7. The average molecular weight is 680 g/mol. The largest absolute Gasteiger partial charge is 2.00 e. The van der Waals surface area contributed by atoms with Crippen LogP contribution in [-0.4, -0.2) is 68.4 Å². The molecule has 0 aliphatic carbocycles. The van der Waals surface area contributed by atoms with Crippen molar-refractivity contribution >= 4 is 74.6 Å². The van der Waals surface area contributed by atoms with Crippen molar-refractivity contribution in [3.05, 3.63) is 60.3 Å². The fourth-order valence-corrected chi connectivity index (χ4v) is 4.02. The third kappa shape index (κ3) is 10.3. The van der Waals surface area contributed by atoms with Crippen LogP contribution in [0.3, 0.4) is 0 Å².